The van der Waals surface area contributed by atoms with E-state index < -0.39 is 0 Å². The monoisotopic (exact) mass is 392 g/mol. The molecule has 1 aromatic carbocycles. The van der Waals surface area contributed by atoms with Crippen molar-refractivity contribution in [3.63, 3.8) is 0 Å². The van der Waals surface area contributed by atoms with Gasteiger partial charge >= 0.3 is 0 Å². The Morgan fingerprint density at radius 2 is 2.00 bits per heavy atom. The van der Waals surface area contributed by atoms with Crippen LogP contribution >= 0.6 is 0 Å². The quantitative estimate of drug-likeness (QED) is 0.669. The molecular weight excluding hydrogens is 368 g/mol. The lowest BCUT2D eigenvalue weighted by Gasteiger charge is -2.26. The number of nitrogens with one attached hydrogen (secondary N) is 1. The van der Waals surface area contributed by atoms with Gasteiger partial charge in [0.25, 0.3) is 0 Å². The first kappa shape index (κ1) is 19.1. The van der Waals surface area contributed by atoms with Crippen LogP contribution in [0.5, 0.6) is 5.75 Å². The molecular formula is C22H24N4O3. The molecule has 0 saturated carbocycles. The SMILES string of the molecule is O=C(CCc1cccc(COc2ccc(-c3ccn[nH]3)nc2)c1)N1CCOCC1. The van der Waals surface area contributed by atoms with E-state index >= 15 is 0 Å². The summed E-state index contributed by atoms with van der Waals surface area (Å²) in [5.41, 5.74) is 3.90. The van der Waals surface area contributed by atoms with Crippen LogP contribution < -0.4 is 4.74 Å². The number of H-pyrrole nitrogens is 1. The lowest BCUT2D eigenvalue weighted by Crippen LogP contribution is -2.40. The number of ether oxygens (including phenoxy) is 2. The fraction of sp³-hybridized carbons (Fsp3) is 0.318. The normalized spacial score (nSPS) is 14.0. The van der Waals surface area contributed by atoms with Gasteiger partial charge in [0, 0.05) is 25.7 Å². The third kappa shape index (κ3) is 5.20. The van der Waals surface area contributed by atoms with Crippen LogP contribution in [0.15, 0.2) is 54.9 Å². The lowest BCUT2D eigenvalue weighted by molar-refractivity contribution is -0.135. The summed E-state index contributed by atoms with van der Waals surface area (Å²) in [6, 6.07) is 13.9. The molecule has 0 spiro atoms. The second kappa shape index (κ2) is 9.34. The molecule has 0 unspecified atom stereocenters. The Labute approximate surface area is 169 Å². The van der Waals surface area contributed by atoms with Crippen molar-refractivity contribution in [2.75, 3.05) is 26.3 Å². The Bertz CT molecular complexity index is 919. The van der Waals surface area contributed by atoms with Crippen LogP contribution in [0.3, 0.4) is 0 Å². The smallest absolute Gasteiger partial charge is 0.223 e. The lowest BCUT2D eigenvalue weighted by atomic mass is 10.1. The highest BCUT2D eigenvalue weighted by Crippen LogP contribution is 2.18. The summed E-state index contributed by atoms with van der Waals surface area (Å²) in [7, 11) is 0. The average molecular weight is 392 g/mol. The molecule has 29 heavy (non-hydrogen) atoms. The minimum atomic E-state index is 0.193. The number of aromatic nitrogens is 3. The van der Waals surface area contributed by atoms with Crippen LogP contribution in [0, 0.1) is 0 Å². The van der Waals surface area contributed by atoms with Crippen LogP contribution in [0.4, 0.5) is 0 Å². The second-order valence-electron chi connectivity index (χ2n) is 6.95. The van der Waals surface area contributed by atoms with E-state index in [2.05, 4.69) is 27.3 Å². The van der Waals surface area contributed by atoms with Gasteiger partial charge in [-0.25, -0.2) is 0 Å². The molecule has 0 atom stereocenters. The Hall–Kier alpha value is -3.19. The fourth-order valence-electron chi connectivity index (χ4n) is 3.29. The highest BCUT2D eigenvalue weighted by Gasteiger charge is 2.16. The number of benzene rings is 1. The summed E-state index contributed by atoms with van der Waals surface area (Å²) in [5.74, 6) is 0.902. The van der Waals surface area contributed by atoms with Crippen molar-refractivity contribution in [1.82, 2.24) is 20.1 Å². The van der Waals surface area contributed by atoms with Crippen LogP contribution in [-0.4, -0.2) is 52.3 Å². The number of morpholine rings is 1. The van der Waals surface area contributed by atoms with Crippen molar-refractivity contribution < 1.29 is 14.3 Å². The maximum Gasteiger partial charge on any atom is 0.223 e. The highest BCUT2D eigenvalue weighted by atomic mass is 16.5. The summed E-state index contributed by atoms with van der Waals surface area (Å²) in [5, 5.41) is 6.82. The number of hydrogen-bond acceptors (Lipinski definition) is 5. The third-order valence-electron chi connectivity index (χ3n) is 4.90. The zero-order chi connectivity index (χ0) is 19.9. The predicted octanol–water partition coefficient (Wildman–Crippen LogP) is 2.84. The molecule has 1 aliphatic rings. The van der Waals surface area contributed by atoms with Gasteiger partial charge in [-0.2, -0.15) is 5.10 Å². The highest BCUT2D eigenvalue weighted by molar-refractivity contribution is 5.76. The average Bonchev–Trinajstić information content (AvgIpc) is 3.32. The van der Waals surface area contributed by atoms with Gasteiger partial charge in [0.2, 0.25) is 5.91 Å². The molecule has 2 aromatic heterocycles. The van der Waals surface area contributed by atoms with Gasteiger partial charge in [0.1, 0.15) is 12.4 Å². The molecule has 4 rings (SSSR count). The number of aromatic amines is 1. The van der Waals surface area contributed by atoms with Gasteiger partial charge in [-0.3, -0.25) is 14.9 Å². The van der Waals surface area contributed by atoms with E-state index in [1.54, 1.807) is 12.4 Å². The molecule has 0 bridgehead atoms. The van der Waals surface area contributed by atoms with E-state index in [1.165, 1.54) is 0 Å². The topological polar surface area (TPSA) is 80.3 Å². The maximum absolute atomic E-state index is 12.3. The van der Waals surface area contributed by atoms with Crippen LogP contribution in [0.25, 0.3) is 11.4 Å². The van der Waals surface area contributed by atoms with Crippen molar-refractivity contribution in [3.8, 4) is 17.1 Å². The largest absolute Gasteiger partial charge is 0.487 e. The molecule has 1 saturated heterocycles. The first-order chi connectivity index (χ1) is 14.3. The number of aryl methyl sites for hydroxylation is 1. The van der Waals surface area contributed by atoms with E-state index in [9.17, 15) is 4.79 Å². The van der Waals surface area contributed by atoms with Gasteiger partial charge in [0.05, 0.1) is 30.8 Å². The van der Waals surface area contributed by atoms with Crippen LogP contribution in [0.1, 0.15) is 17.5 Å². The molecule has 0 aliphatic carbocycles. The van der Waals surface area contributed by atoms with Gasteiger partial charge in [0.15, 0.2) is 0 Å². The van der Waals surface area contributed by atoms with Gasteiger partial charge in [-0.1, -0.05) is 24.3 Å². The maximum atomic E-state index is 12.3. The fourth-order valence-corrected chi connectivity index (χ4v) is 3.29. The summed E-state index contributed by atoms with van der Waals surface area (Å²) < 4.78 is 11.2. The number of hydrogen-bond donors (Lipinski definition) is 1. The van der Waals surface area contributed by atoms with Crippen molar-refractivity contribution in [2.24, 2.45) is 0 Å². The van der Waals surface area contributed by atoms with Crippen molar-refractivity contribution in [1.29, 1.82) is 0 Å². The third-order valence-corrected chi connectivity index (χ3v) is 4.90. The van der Waals surface area contributed by atoms with Gasteiger partial charge < -0.3 is 14.4 Å². The van der Waals surface area contributed by atoms with Gasteiger partial charge in [-0.05, 0) is 35.7 Å². The number of carbonyl (C=O) groups excluding carboxylic acids is 1. The minimum Gasteiger partial charge on any atom is -0.487 e. The molecule has 3 heterocycles. The molecule has 1 fully saturated rings. The molecule has 1 aliphatic heterocycles. The first-order valence-electron chi connectivity index (χ1n) is 9.80. The molecule has 3 aromatic rings. The van der Waals surface area contributed by atoms with Crippen LogP contribution in [0.2, 0.25) is 0 Å². The number of nitrogens with zero attached hydrogens (tertiary/aromatic N) is 3. The zero-order valence-corrected chi connectivity index (χ0v) is 16.2. The summed E-state index contributed by atoms with van der Waals surface area (Å²) in [6.45, 7) is 3.11. The number of amides is 1. The summed E-state index contributed by atoms with van der Waals surface area (Å²) in [6.07, 6.45) is 4.65. The molecule has 7 heteroatoms. The van der Waals surface area contributed by atoms with Crippen molar-refractivity contribution in [2.45, 2.75) is 19.4 Å². The van der Waals surface area contributed by atoms with Crippen molar-refractivity contribution >= 4 is 5.91 Å². The zero-order valence-electron chi connectivity index (χ0n) is 16.2. The number of pyridine rings is 1. The van der Waals surface area contributed by atoms with E-state index in [0.717, 1.165) is 28.9 Å². The molecule has 150 valence electrons. The number of rotatable bonds is 7. The molecule has 7 nitrogen and oxygen atoms in total. The Balaban J connectivity index is 1.29. The second-order valence-corrected chi connectivity index (χ2v) is 6.95. The van der Waals surface area contributed by atoms with E-state index in [1.807, 2.05) is 35.2 Å². The predicted molar refractivity (Wildman–Crippen MR) is 108 cm³/mol. The Morgan fingerprint density at radius 1 is 1.14 bits per heavy atom. The van der Waals surface area contributed by atoms with Crippen molar-refractivity contribution in [3.05, 3.63) is 66.0 Å². The minimum absolute atomic E-state index is 0.193. The van der Waals surface area contributed by atoms with Crippen LogP contribution in [-0.2, 0) is 22.6 Å². The summed E-state index contributed by atoms with van der Waals surface area (Å²) in [4.78, 5) is 18.6. The van der Waals surface area contributed by atoms with E-state index in [0.29, 0.717) is 45.1 Å². The Morgan fingerprint density at radius 3 is 2.76 bits per heavy atom. The molecule has 0 radical (unpaired) electrons. The van der Waals surface area contributed by atoms with E-state index in [4.69, 9.17) is 9.47 Å². The number of carbonyl (C=O) groups is 1. The summed E-state index contributed by atoms with van der Waals surface area (Å²) >= 11 is 0. The van der Waals surface area contributed by atoms with Gasteiger partial charge in [-0.15, -0.1) is 0 Å². The molecule has 1 amide bonds. The first-order valence-corrected chi connectivity index (χ1v) is 9.80. The standard InChI is InChI=1S/C22H24N4O3/c27-22(26-10-12-28-13-11-26)7-4-17-2-1-3-18(14-17)16-29-19-5-6-20(23-15-19)21-8-9-24-25-21/h1-3,5-6,8-9,14-15H,4,7,10-13,16H2,(H,24,25). The molecule has 1 N–H and O–H groups in total. The Kier molecular flexibility index (Phi) is 6.16. The van der Waals surface area contributed by atoms with E-state index in [-0.39, 0.29) is 5.91 Å².